The lowest BCUT2D eigenvalue weighted by molar-refractivity contribution is 0.235. The van der Waals surface area contributed by atoms with Crippen molar-refractivity contribution in [2.75, 3.05) is 0 Å². The van der Waals surface area contributed by atoms with E-state index in [1.54, 1.807) is 0 Å². The highest BCUT2D eigenvalue weighted by molar-refractivity contribution is 6.31. The molecule has 1 aliphatic carbocycles. The van der Waals surface area contributed by atoms with E-state index in [9.17, 15) is 4.79 Å². The molecule has 1 aromatic heterocycles. The van der Waals surface area contributed by atoms with E-state index in [1.807, 2.05) is 42.2 Å². The van der Waals surface area contributed by atoms with Crippen molar-refractivity contribution in [2.45, 2.75) is 31.8 Å². The van der Waals surface area contributed by atoms with Gasteiger partial charge in [-0.2, -0.15) is 5.10 Å². The number of aryl methyl sites for hydroxylation is 1. The lowest BCUT2D eigenvalue weighted by atomic mass is 9.93. The molecule has 0 radical (unpaired) electrons. The van der Waals surface area contributed by atoms with Crippen LogP contribution in [-0.2, 0) is 20.0 Å². The molecule has 1 aliphatic rings. The van der Waals surface area contributed by atoms with Gasteiger partial charge < -0.3 is 10.6 Å². The van der Waals surface area contributed by atoms with Gasteiger partial charge in [0.1, 0.15) is 0 Å². The van der Waals surface area contributed by atoms with E-state index in [-0.39, 0.29) is 12.1 Å². The minimum Gasteiger partial charge on any atom is -0.334 e. The fraction of sp³-hybridized carbons (Fsp3) is 0.375. The zero-order chi connectivity index (χ0) is 15.5. The van der Waals surface area contributed by atoms with Crippen molar-refractivity contribution in [3.8, 4) is 0 Å². The van der Waals surface area contributed by atoms with Gasteiger partial charge in [-0.1, -0.05) is 29.8 Å². The molecule has 3 rings (SSSR count). The fourth-order valence-electron chi connectivity index (χ4n) is 2.88. The molecule has 0 spiro atoms. The first kappa shape index (κ1) is 14.9. The number of hydrogen-bond donors (Lipinski definition) is 2. The average molecular weight is 319 g/mol. The molecule has 0 aliphatic heterocycles. The SMILES string of the molecule is Cn1ncc2c1CCC[C@@H]2NC(=O)NCc1ccccc1Cl. The second-order valence-corrected chi connectivity index (χ2v) is 5.94. The van der Waals surface area contributed by atoms with Gasteiger partial charge in [0.05, 0.1) is 12.2 Å². The molecule has 2 amide bonds. The summed E-state index contributed by atoms with van der Waals surface area (Å²) in [6.07, 6.45) is 4.87. The van der Waals surface area contributed by atoms with Crippen LogP contribution in [0.25, 0.3) is 0 Å². The van der Waals surface area contributed by atoms with Crippen LogP contribution in [0.3, 0.4) is 0 Å². The number of rotatable bonds is 3. The smallest absolute Gasteiger partial charge is 0.315 e. The fourth-order valence-corrected chi connectivity index (χ4v) is 3.09. The summed E-state index contributed by atoms with van der Waals surface area (Å²) in [6, 6.07) is 7.36. The van der Waals surface area contributed by atoms with Gasteiger partial charge in [0.15, 0.2) is 0 Å². The monoisotopic (exact) mass is 318 g/mol. The number of urea groups is 1. The summed E-state index contributed by atoms with van der Waals surface area (Å²) in [5.74, 6) is 0. The third-order valence-electron chi connectivity index (χ3n) is 4.08. The van der Waals surface area contributed by atoms with E-state index in [1.165, 1.54) is 5.69 Å². The third-order valence-corrected chi connectivity index (χ3v) is 4.45. The highest BCUT2D eigenvalue weighted by Crippen LogP contribution is 2.28. The molecule has 0 fully saturated rings. The summed E-state index contributed by atoms with van der Waals surface area (Å²) < 4.78 is 1.89. The van der Waals surface area contributed by atoms with Crippen LogP contribution >= 0.6 is 11.6 Å². The first-order valence-corrected chi connectivity index (χ1v) is 7.81. The molecule has 22 heavy (non-hydrogen) atoms. The van der Waals surface area contributed by atoms with Crippen molar-refractivity contribution in [3.05, 3.63) is 52.3 Å². The summed E-state index contributed by atoms with van der Waals surface area (Å²) in [4.78, 5) is 12.1. The van der Waals surface area contributed by atoms with Crippen LogP contribution in [0.1, 0.15) is 35.7 Å². The number of amides is 2. The van der Waals surface area contributed by atoms with Gasteiger partial charge in [0.2, 0.25) is 0 Å². The summed E-state index contributed by atoms with van der Waals surface area (Å²) in [6.45, 7) is 0.415. The van der Waals surface area contributed by atoms with Gasteiger partial charge in [-0.15, -0.1) is 0 Å². The number of nitrogens with zero attached hydrogens (tertiary/aromatic N) is 2. The topological polar surface area (TPSA) is 59.0 Å². The summed E-state index contributed by atoms with van der Waals surface area (Å²) in [5.41, 5.74) is 3.24. The molecule has 0 unspecified atom stereocenters. The number of carbonyl (C=O) groups excluding carboxylic acids is 1. The number of halogens is 1. The first-order valence-electron chi connectivity index (χ1n) is 7.43. The third kappa shape index (κ3) is 3.09. The average Bonchev–Trinajstić information content (AvgIpc) is 2.89. The van der Waals surface area contributed by atoms with Gasteiger partial charge in [0, 0.05) is 29.9 Å². The van der Waals surface area contributed by atoms with Gasteiger partial charge >= 0.3 is 6.03 Å². The van der Waals surface area contributed by atoms with Crippen LogP contribution in [0.5, 0.6) is 0 Å². The quantitative estimate of drug-likeness (QED) is 0.914. The summed E-state index contributed by atoms with van der Waals surface area (Å²) >= 11 is 6.09. The molecule has 1 heterocycles. The number of hydrogen-bond acceptors (Lipinski definition) is 2. The molecule has 1 aromatic carbocycles. The van der Waals surface area contributed by atoms with Crippen LogP contribution < -0.4 is 10.6 Å². The molecule has 0 saturated carbocycles. The van der Waals surface area contributed by atoms with Crippen LogP contribution in [-0.4, -0.2) is 15.8 Å². The van der Waals surface area contributed by atoms with E-state index in [0.717, 1.165) is 30.4 Å². The lowest BCUT2D eigenvalue weighted by Gasteiger charge is -2.24. The Morgan fingerprint density at radius 3 is 3.09 bits per heavy atom. The van der Waals surface area contributed by atoms with E-state index in [2.05, 4.69) is 15.7 Å². The normalized spacial score (nSPS) is 16.9. The number of benzene rings is 1. The predicted octanol–water partition coefficient (Wildman–Crippen LogP) is 2.95. The van der Waals surface area contributed by atoms with Crippen molar-refractivity contribution in [1.82, 2.24) is 20.4 Å². The molecule has 1 atom stereocenters. The minimum absolute atomic E-state index is 0.0312. The van der Waals surface area contributed by atoms with Gasteiger partial charge in [-0.3, -0.25) is 4.68 Å². The van der Waals surface area contributed by atoms with Crippen molar-refractivity contribution in [3.63, 3.8) is 0 Å². The Morgan fingerprint density at radius 2 is 2.27 bits per heavy atom. The minimum atomic E-state index is -0.179. The summed E-state index contributed by atoms with van der Waals surface area (Å²) in [7, 11) is 1.94. The highest BCUT2D eigenvalue weighted by atomic mass is 35.5. The Bertz CT molecular complexity index is 683. The molecule has 6 heteroatoms. The van der Waals surface area contributed by atoms with E-state index in [4.69, 9.17) is 11.6 Å². The number of nitrogens with one attached hydrogen (secondary N) is 2. The Kier molecular flexibility index (Phi) is 4.34. The second-order valence-electron chi connectivity index (χ2n) is 5.53. The zero-order valence-electron chi connectivity index (χ0n) is 12.5. The van der Waals surface area contributed by atoms with Crippen LogP contribution in [0.2, 0.25) is 5.02 Å². The first-order chi connectivity index (χ1) is 10.6. The highest BCUT2D eigenvalue weighted by Gasteiger charge is 2.24. The Hall–Kier alpha value is -2.01. The Balaban J connectivity index is 1.60. The van der Waals surface area contributed by atoms with Gasteiger partial charge in [0.25, 0.3) is 0 Å². The Labute approximate surface area is 134 Å². The number of fused-ring (bicyclic) bond motifs is 1. The molecule has 116 valence electrons. The molecule has 2 N–H and O–H groups in total. The number of carbonyl (C=O) groups is 1. The van der Waals surface area contributed by atoms with Crippen LogP contribution in [0.15, 0.2) is 30.5 Å². The van der Waals surface area contributed by atoms with E-state index in [0.29, 0.717) is 11.6 Å². The standard InChI is InChI=1S/C16H19ClN4O/c1-21-15-8-4-7-14(12(15)10-19-21)20-16(22)18-9-11-5-2-3-6-13(11)17/h2-3,5-6,10,14H,4,7-9H2,1H3,(H2,18,20,22)/t14-/m0/s1. The largest absolute Gasteiger partial charge is 0.334 e. The van der Waals surface area contributed by atoms with E-state index < -0.39 is 0 Å². The van der Waals surface area contributed by atoms with Crippen molar-refractivity contribution in [2.24, 2.45) is 7.05 Å². The van der Waals surface area contributed by atoms with E-state index >= 15 is 0 Å². The maximum absolute atomic E-state index is 12.1. The zero-order valence-corrected chi connectivity index (χ0v) is 13.2. The predicted molar refractivity (Wildman–Crippen MR) is 85.7 cm³/mol. The van der Waals surface area contributed by atoms with Gasteiger partial charge in [-0.25, -0.2) is 4.79 Å². The Morgan fingerprint density at radius 1 is 1.45 bits per heavy atom. The number of aromatic nitrogens is 2. The molecular weight excluding hydrogens is 300 g/mol. The molecule has 0 bridgehead atoms. The van der Waals surface area contributed by atoms with Gasteiger partial charge in [-0.05, 0) is 30.9 Å². The lowest BCUT2D eigenvalue weighted by Crippen LogP contribution is -2.38. The second kappa shape index (κ2) is 6.40. The van der Waals surface area contributed by atoms with Crippen LogP contribution in [0, 0.1) is 0 Å². The molecule has 5 nitrogen and oxygen atoms in total. The summed E-state index contributed by atoms with van der Waals surface area (Å²) in [5, 5.41) is 10.8. The van der Waals surface area contributed by atoms with Crippen molar-refractivity contribution < 1.29 is 4.79 Å². The molecule has 2 aromatic rings. The van der Waals surface area contributed by atoms with Crippen molar-refractivity contribution in [1.29, 1.82) is 0 Å². The molecular formula is C16H19ClN4O. The molecule has 0 saturated heterocycles. The maximum Gasteiger partial charge on any atom is 0.315 e. The van der Waals surface area contributed by atoms with Crippen molar-refractivity contribution >= 4 is 17.6 Å². The van der Waals surface area contributed by atoms with Crippen LogP contribution in [0.4, 0.5) is 4.79 Å². The maximum atomic E-state index is 12.1.